The minimum absolute atomic E-state index is 0.267. The number of carbonyl (C=O) groups is 1. The predicted molar refractivity (Wildman–Crippen MR) is 85.3 cm³/mol. The summed E-state index contributed by atoms with van der Waals surface area (Å²) in [4.78, 5) is 19.9. The van der Waals surface area contributed by atoms with Gasteiger partial charge in [0.15, 0.2) is 11.7 Å². The van der Waals surface area contributed by atoms with Crippen LogP contribution < -0.4 is 0 Å². The number of fused-ring (bicyclic) bond motifs is 1. The number of H-pyrrole nitrogens is 1. The normalized spacial score (nSPS) is 11.8. The summed E-state index contributed by atoms with van der Waals surface area (Å²) < 4.78 is 0. The summed E-state index contributed by atoms with van der Waals surface area (Å²) >= 11 is 0. The Bertz CT molecular complexity index is 852. The number of ketones is 1. The van der Waals surface area contributed by atoms with E-state index in [0.717, 1.165) is 16.6 Å². The Labute approximate surface area is 127 Å². The highest BCUT2D eigenvalue weighted by atomic mass is 16.1. The number of Topliss-reactive ketones (excluding diaryl/α,β-unsaturated/α-hetero) is 1. The number of carbonyl (C=O) groups excluding carboxylic acids is 1. The van der Waals surface area contributed by atoms with Crippen molar-refractivity contribution in [3.63, 3.8) is 0 Å². The molecule has 3 rings (SSSR count). The number of imidazole rings is 1. The number of hydrogen-bond donors (Lipinski definition) is 1. The molecule has 1 atom stereocenters. The molecule has 1 heterocycles. The predicted octanol–water partition coefficient (Wildman–Crippen LogP) is 3.70. The largest absolute Gasteiger partial charge is 0.340 e. The van der Waals surface area contributed by atoms with Crippen molar-refractivity contribution in [2.24, 2.45) is 0 Å². The highest BCUT2D eigenvalue weighted by Crippen LogP contribution is 2.21. The number of benzene rings is 2. The number of para-hydroxylation sites is 2. The zero-order valence-electron chi connectivity index (χ0n) is 11.8. The van der Waals surface area contributed by atoms with Crippen LogP contribution in [0.3, 0.4) is 0 Å². The highest BCUT2D eigenvalue weighted by Gasteiger charge is 2.24. The van der Waals surface area contributed by atoms with Gasteiger partial charge >= 0.3 is 0 Å². The molecule has 0 aliphatic carbocycles. The molecule has 0 saturated carbocycles. The van der Waals surface area contributed by atoms with Gasteiger partial charge in [-0.3, -0.25) is 4.79 Å². The maximum absolute atomic E-state index is 12.5. The molecule has 0 amide bonds. The van der Waals surface area contributed by atoms with Gasteiger partial charge in [-0.1, -0.05) is 49.1 Å². The van der Waals surface area contributed by atoms with Crippen molar-refractivity contribution >= 4 is 22.9 Å². The lowest BCUT2D eigenvalue weighted by Gasteiger charge is -2.05. The molecule has 0 aliphatic rings. The van der Waals surface area contributed by atoms with Gasteiger partial charge in [-0.2, -0.15) is 5.26 Å². The Morgan fingerprint density at radius 2 is 1.95 bits per heavy atom. The molecule has 4 heteroatoms. The minimum Gasteiger partial charge on any atom is -0.340 e. The first kappa shape index (κ1) is 13.8. The molecule has 22 heavy (non-hydrogen) atoms. The van der Waals surface area contributed by atoms with Crippen LogP contribution in [0, 0.1) is 11.3 Å². The first-order chi connectivity index (χ1) is 10.7. The van der Waals surface area contributed by atoms with Crippen LogP contribution in [0.15, 0.2) is 55.1 Å². The monoisotopic (exact) mass is 287 g/mol. The van der Waals surface area contributed by atoms with E-state index in [1.165, 1.54) is 0 Å². The second kappa shape index (κ2) is 5.66. The van der Waals surface area contributed by atoms with Gasteiger partial charge < -0.3 is 4.98 Å². The van der Waals surface area contributed by atoms with Gasteiger partial charge in [0, 0.05) is 5.56 Å². The maximum atomic E-state index is 12.5. The van der Waals surface area contributed by atoms with Crippen LogP contribution in [0.4, 0.5) is 0 Å². The van der Waals surface area contributed by atoms with Gasteiger partial charge in [-0.25, -0.2) is 4.98 Å². The molecule has 0 aliphatic heterocycles. The van der Waals surface area contributed by atoms with E-state index in [4.69, 9.17) is 0 Å². The number of aromatic amines is 1. The Hall–Kier alpha value is -3.19. The molecule has 0 unspecified atom stereocenters. The first-order valence-electron chi connectivity index (χ1n) is 6.84. The van der Waals surface area contributed by atoms with Gasteiger partial charge in [0.05, 0.1) is 17.1 Å². The molecule has 106 valence electrons. The van der Waals surface area contributed by atoms with E-state index >= 15 is 0 Å². The van der Waals surface area contributed by atoms with E-state index in [1.807, 2.05) is 30.3 Å². The highest BCUT2D eigenvalue weighted by molar-refractivity contribution is 6.02. The van der Waals surface area contributed by atoms with Crippen LogP contribution in [0.5, 0.6) is 0 Å². The average molecular weight is 287 g/mol. The molecule has 0 fully saturated rings. The molecule has 4 nitrogen and oxygen atoms in total. The van der Waals surface area contributed by atoms with E-state index in [1.54, 1.807) is 30.3 Å². The average Bonchev–Trinajstić information content (AvgIpc) is 2.99. The SMILES string of the molecule is C=Cc1ccc(C(=O)[C@H](C#N)c2nc3ccccc3[nH]2)cc1. The van der Waals surface area contributed by atoms with Crippen LogP contribution in [0.1, 0.15) is 27.7 Å². The third-order valence-electron chi connectivity index (χ3n) is 3.50. The van der Waals surface area contributed by atoms with Crippen LogP contribution in [-0.2, 0) is 0 Å². The second-order valence-corrected chi connectivity index (χ2v) is 4.89. The minimum atomic E-state index is -0.943. The van der Waals surface area contributed by atoms with E-state index in [9.17, 15) is 10.1 Å². The molecule has 2 aromatic carbocycles. The molecular weight excluding hydrogens is 274 g/mol. The van der Waals surface area contributed by atoms with Crippen molar-refractivity contribution in [1.82, 2.24) is 9.97 Å². The Kier molecular flexibility index (Phi) is 3.55. The van der Waals surface area contributed by atoms with E-state index in [2.05, 4.69) is 16.5 Å². The van der Waals surface area contributed by atoms with Gasteiger partial charge in [0.1, 0.15) is 5.82 Å². The molecule has 0 saturated heterocycles. The summed E-state index contributed by atoms with van der Waals surface area (Å²) in [6.45, 7) is 3.68. The molecule has 0 bridgehead atoms. The molecule has 1 N–H and O–H groups in total. The number of nitriles is 1. The second-order valence-electron chi connectivity index (χ2n) is 4.89. The van der Waals surface area contributed by atoms with E-state index < -0.39 is 5.92 Å². The molecule has 0 spiro atoms. The van der Waals surface area contributed by atoms with Crippen LogP contribution in [-0.4, -0.2) is 15.8 Å². The van der Waals surface area contributed by atoms with Gasteiger partial charge in [0.25, 0.3) is 0 Å². The van der Waals surface area contributed by atoms with Gasteiger partial charge in [-0.15, -0.1) is 0 Å². The lowest BCUT2D eigenvalue weighted by Crippen LogP contribution is -2.12. The molecule has 0 radical (unpaired) electrons. The number of aromatic nitrogens is 2. The third-order valence-corrected chi connectivity index (χ3v) is 3.50. The summed E-state index contributed by atoms with van der Waals surface area (Å²) in [5.74, 6) is -0.833. The van der Waals surface area contributed by atoms with Gasteiger partial charge in [0.2, 0.25) is 0 Å². The van der Waals surface area contributed by atoms with Crippen molar-refractivity contribution in [2.75, 3.05) is 0 Å². The summed E-state index contributed by atoms with van der Waals surface area (Å²) in [6, 6.07) is 16.5. The van der Waals surface area contributed by atoms with Crippen molar-refractivity contribution < 1.29 is 4.79 Å². The van der Waals surface area contributed by atoms with E-state index in [0.29, 0.717) is 11.4 Å². The first-order valence-corrected chi connectivity index (χ1v) is 6.84. The number of nitrogens with zero attached hydrogens (tertiary/aromatic N) is 2. The zero-order chi connectivity index (χ0) is 15.5. The fourth-order valence-corrected chi connectivity index (χ4v) is 2.30. The van der Waals surface area contributed by atoms with Crippen LogP contribution in [0.25, 0.3) is 17.1 Å². The van der Waals surface area contributed by atoms with Crippen molar-refractivity contribution in [1.29, 1.82) is 5.26 Å². The van der Waals surface area contributed by atoms with E-state index in [-0.39, 0.29) is 5.78 Å². The lowest BCUT2D eigenvalue weighted by atomic mass is 9.97. The quantitative estimate of drug-likeness (QED) is 0.744. The van der Waals surface area contributed by atoms with Crippen LogP contribution >= 0.6 is 0 Å². The Morgan fingerprint density at radius 3 is 2.59 bits per heavy atom. The summed E-state index contributed by atoms with van der Waals surface area (Å²) in [5.41, 5.74) is 2.96. The van der Waals surface area contributed by atoms with Crippen molar-refractivity contribution in [3.8, 4) is 6.07 Å². The van der Waals surface area contributed by atoms with Crippen LogP contribution in [0.2, 0.25) is 0 Å². The summed E-state index contributed by atoms with van der Waals surface area (Å²) in [5, 5.41) is 9.39. The molecular formula is C18H13N3O. The number of hydrogen-bond acceptors (Lipinski definition) is 3. The standard InChI is InChI=1S/C18H13N3O/c1-2-12-7-9-13(10-8-12)17(22)14(11-19)18-20-15-5-3-4-6-16(15)21-18/h2-10,14H,1H2,(H,20,21)/t14-/m0/s1. The fraction of sp³-hybridized carbons (Fsp3) is 0.0556. The topological polar surface area (TPSA) is 69.5 Å². The Balaban J connectivity index is 1.97. The zero-order valence-corrected chi connectivity index (χ0v) is 11.8. The fourth-order valence-electron chi connectivity index (χ4n) is 2.30. The summed E-state index contributed by atoms with van der Waals surface area (Å²) in [7, 11) is 0. The van der Waals surface area contributed by atoms with Crippen molar-refractivity contribution in [3.05, 3.63) is 72.1 Å². The number of rotatable bonds is 4. The van der Waals surface area contributed by atoms with Crippen molar-refractivity contribution in [2.45, 2.75) is 5.92 Å². The number of nitrogens with one attached hydrogen (secondary N) is 1. The van der Waals surface area contributed by atoms with Gasteiger partial charge in [-0.05, 0) is 17.7 Å². The third kappa shape index (κ3) is 2.40. The lowest BCUT2D eigenvalue weighted by molar-refractivity contribution is 0.0976. The molecule has 3 aromatic rings. The summed E-state index contributed by atoms with van der Waals surface area (Å²) in [6.07, 6.45) is 1.70. The maximum Gasteiger partial charge on any atom is 0.187 e. The molecule has 1 aromatic heterocycles. The Morgan fingerprint density at radius 1 is 1.23 bits per heavy atom. The smallest absolute Gasteiger partial charge is 0.187 e.